The first kappa shape index (κ1) is 99.6. The lowest BCUT2D eigenvalue weighted by Gasteiger charge is -2.43. The lowest BCUT2D eigenvalue weighted by atomic mass is 9.98. The fraction of sp³-hybridized carbons (Fsp3) is 0.126. The number of ether oxygens (including phenoxy) is 5. The monoisotopic (exact) mass is 1870 g/mol. The molecule has 9 aromatic carbocycles. The largest absolute Gasteiger partial charge is 0.502 e. The van der Waals surface area contributed by atoms with Crippen LogP contribution >= 0.6 is 12.4 Å². The number of hydrogen-bond acceptors (Lipinski definition) is 22. The van der Waals surface area contributed by atoms with E-state index in [9.17, 15) is 62.6 Å². The number of nitrogens with zero attached hydrogens (tertiary/aromatic N) is 7. The third-order valence-corrected chi connectivity index (χ3v) is 20.7. The Kier molecular flexibility index (Phi) is 35.4. The topological polar surface area (TPSA) is 434 Å². The second-order valence-electron chi connectivity index (χ2n) is 30.0. The van der Waals surface area contributed by atoms with E-state index < -0.39 is 45.6 Å². The van der Waals surface area contributed by atoms with Crippen LogP contribution in [-0.2, 0) is 33.0 Å². The quantitative estimate of drug-likeness (QED) is 0.0246. The molecule has 15 aromatic rings. The summed E-state index contributed by atoms with van der Waals surface area (Å²) in [6.07, 6.45) is 8.25. The Bertz CT molecular complexity index is 6800. The number of carbonyl (C=O) groups is 6. The van der Waals surface area contributed by atoms with Gasteiger partial charge in [-0.2, -0.15) is 0 Å². The summed E-state index contributed by atoms with van der Waals surface area (Å²) in [4.78, 5) is 151. The maximum absolute atomic E-state index is 13.3. The van der Waals surface area contributed by atoms with Gasteiger partial charge in [-0.25, -0.2) is 9.59 Å². The Morgan fingerprint density at radius 3 is 1.06 bits per heavy atom. The zero-order valence-corrected chi connectivity index (χ0v) is 75.1. The average Bonchev–Trinajstić information content (AvgIpc) is 0.754. The van der Waals surface area contributed by atoms with Gasteiger partial charge in [0.2, 0.25) is 38.3 Å². The highest BCUT2D eigenvalue weighted by Crippen LogP contribution is 2.35. The van der Waals surface area contributed by atoms with Crippen molar-refractivity contribution in [2.24, 2.45) is 0 Å². The van der Waals surface area contributed by atoms with Gasteiger partial charge in [0.1, 0.15) is 46.4 Å². The molecule has 4 amide bonds. The Morgan fingerprint density at radius 1 is 0.372 bits per heavy atom. The molecule has 0 unspecified atom stereocenters. The van der Waals surface area contributed by atoms with Crippen molar-refractivity contribution in [3.05, 3.63) is 492 Å². The van der Waals surface area contributed by atoms with Crippen molar-refractivity contribution >= 4 is 48.0 Å². The summed E-state index contributed by atoms with van der Waals surface area (Å²) >= 11 is 0. The number of hydrogen-bond donors (Lipinski definition) is 8. The van der Waals surface area contributed by atoms with E-state index in [1.165, 1.54) is 67.9 Å². The summed E-state index contributed by atoms with van der Waals surface area (Å²) in [6.45, 7) is 1.53. The molecule has 0 bridgehead atoms. The van der Waals surface area contributed by atoms with Crippen LogP contribution in [0.3, 0.4) is 0 Å². The molecule has 0 radical (unpaired) electrons. The predicted octanol–water partition coefficient (Wildman–Crippen LogP) is 12.3. The molecule has 9 N–H and O–H groups in total. The Labute approximate surface area is 789 Å². The molecule has 137 heavy (non-hydrogen) atoms. The zero-order valence-electron chi connectivity index (χ0n) is 74.3. The van der Waals surface area contributed by atoms with E-state index in [0.29, 0.717) is 13.3 Å². The number of aromatic carboxylic acids is 2. The highest BCUT2D eigenvalue weighted by atomic mass is 35.5. The van der Waals surface area contributed by atoms with Crippen LogP contribution in [0.1, 0.15) is 125 Å². The van der Waals surface area contributed by atoms with E-state index >= 15 is 0 Å². The second kappa shape index (κ2) is 48.8. The van der Waals surface area contributed by atoms with Gasteiger partial charge in [0.05, 0.1) is 18.3 Å². The molecule has 33 nitrogen and oxygen atoms in total. The van der Waals surface area contributed by atoms with Crippen LogP contribution in [0.25, 0.3) is 0 Å². The van der Waals surface area contributed by atoms with E-state index in [-0.39, 0.29) is 149 Å². The van der Waals surface area contributed by atoms with Gasteiger partial charge in [-0.05, 0) is 50.1 Å². The summed E-state index contributed by atoms with van der Waals surface area (Å²) in [5, 5.41) is 37.0. The van der Waals surface area contributed by atoms with Crippen molar-refractivity contribution in [2.75, 3.05) is 57.4 Å². The first-order chi connectivity index (χ1) is 65.9. The number of carboxylic acid groups (broad SMARTS) is 2. The first-order valence-corrected chi connectivity index (χ1v) is 42.2. The van der Waals surface area contributed by atoms with E-state index in [0.717, 1.165) is 67.1 Å². The smallest absolute Gasteiger partial charge is 0.375 e. The van der Waals surface area contributed by atoms with E-state index in [1.54, 1.807) is 40.7 Å². The predicted molar refractivity (Wildman–Crippen MR) is 515 cm³/mol. The summed E-state index contributed by atoms with van der Waals surface area (Å²) in [5.41, 5.74) is 6.18. The highest BCUT2D eigenvalue weighted by Gasteiger charge is 2.38. The number of carboxylic acids is 2. The van der Waals surface area contributed by atoms with Crippen molar-refractivity contribution in [2.45, 2.75) is 45.1 Å². The number of aromatic nitrogens is 5. The fourth-order valence-corrected chi connectivity index (χ4v) is 14.1. The fourth-order valence-electron chi connectivity index (χ4n) is 14.1. The van der Waals surface area contributed by atoms with Crippen LogP contribution < -0.4 is 82.8 Å². The normalized spacial score (nSPS) is 11.5. The van der Waals surface area contributed by atoms with Gasteiger partial charge in [0.25, 0.3) is 29.4 Å². The van der Waals surface area contributed by atoms with Crippen LogP contribution in [-0.4, -0.2) is 126 Å². The van der Waals surface area contributed by atoms with Crippen molar-refractivity contribution in [1.82, 2.24) is 44.4 Å². The molecule has 0 saturated carbocycles. The SMILES string of the molecule is CN1CN(C(c2ccccc2)c2ccccc2)n2ccc(=O)c(O)c2C1=O.CN1CN(C(c2ccccc2)c2ccccc2)n2ccc(=O)c(OCc3ccccc3)c2C1=O.CNC(=O)c1[nH]ccc(=O)c1OCc1ccccc1.CNC(=O)c1c(OCc2ccccc2)c(=O)ccn1N.Cl.O=C(O)c1[nH]ccc(=O)c1OCc1ccccc1.O=C(O)c1occc(=O)c1OCc1ccccc1. The van der Waals surface area contributed by atoms with E-state index in [1.807, 2.05) is 254 Å². The molecule has 2 aliphatic rings. The van der Waals surface area contributed by atoms with Gasteiger partial charge in [-0.15, -0.1) is 12.4 Å². The number of fused-ring (bicyclic) bond motifs is 2. The highest BCUT2D eigenvalue weighted by molar-refractivity contribution is 5.98. The number of halogens is 1. The van der Waals surface area contributed by atoms with Crippen LogP contribution in [0, 0.1) is 0 Å². The van der Waals surface area contributed by atoms with Gasteiger partial charge in [0, 0.05) is 95.6 Å². The zero-order chi connectivity index (χ0) is 96.6. The maximum Gasteiger partial charge on any atom is 0.375 e. The number of nitrogens with one attached hydrogen (secondary N) is 4. The van der Waals surface area contributed by atoms with Gasteiger partial charge in [-0.3, -0.25) is 72.0 Å². The lowest BCUT2D eigenvalue weighted by Crippen LogP contribution is -2.54. The van der Waals surface area contributed by atoms with Crippen LogP contribution in [0.4, 0.5) is 0 Å². The molecule has 2 aliphatic heterocycles. The standard InChI is InChI=1S/C28H25N3O3.C21H19N3O3.C14H15N3O3.C14H14N2O3.C13H11NO4.C13H10O5.ClH/c1-29-20-31(25(22-13-7-3-8-14-22)23-15-9-4-10-16-23)30-18-17-24(32)27(26(30)28(29)33)34-19-21-11-5-2-6-12-21;1-22-14-24(23-13-12-17(25)20(26)19(23)21(22)27)18(15-8-4-2-5-9-15)16-10-6-3-7-11-16;1-16-14(19)12-13(11(18)7-8-17(12)15)20-9-10-5-3-2-4-6-10;1-15-14(18)12-13(11(17)7-8-16-12)19-9-10-5-3-2-4-6-10;15-10-6-7-14-11(13(16)17)12(10)18-8-9-4-2-1-3-5-9;14-10-6-7-17-12(13(15)16)11(10)18-8-9-4-2-1-3-5-9;/h2-18,25H,19-20H2,1H3;2-13,18,26H,14H2,1H3;2-8H,9,15H2,1H3,(H,16,19);2-8H,9H2,1H3,(H,15,18)(H,16,17);1-7H,8H2,(H,14,15)(H,16,17);1-7H,8H2,(H,15,16);1H. The number of aromatic amines is 2. The number of rotatable bonds is 25. The number of aromatic hydroxyl groups is 1. The number of benzene rings is 9. The van der Waals surface area contributed by atoms with Crippen molar-refractivity contribution in [3.63, 3.8) is 0 Å². The molecule has 0 fully saturated rings. The number of pyridine rings is 5. The lowest BCUT2D eigenvalue weighted by molar-refractivity contribution is 0.0646. The molecule has 17 rings (SSSR count). The van der Waals surface area contributed by atoms with Crippen LogP contribution in [0.2, 0.25) is 0 Å². The minimum absolute atomic E-state index is 0. The van der Waals surface area contributed by atoms with Crippen LogP contribution in [0.5, 0.6) is 34.5 Å². The second-order valence-corrected chi connectivity index (χ2v) is 30.0. The summed E-state index contributed by atoms with van der Waals surface area (Å²) in [6, 6.07) is 94.1. The van der Waals surface area contributed by atoms with Gasteiger partial charge in [0.15, 0.2) is 57.2 Å². The van der Waals surface area contributed by atoms with Crippen molar-refractivity contribution in [3.8, 4) is 34.5 Å². The molecule has 700 valence electrons. The molecule has 0 atom stereocenters. The number of carbonyl (C=O) groups excluding carboxylic acids is 4. The number of amides is 4. The Hall–Kier alpha value is -18.0. The Morgan fingerprint density at radius 2 is 0.679 bits per heavy atom. The molecule has 34 heteroatoms. The van der Waals surface area contributed by atoms with Gasteiger partial charge < -0.3 is 79.7 Å². The van der Waals surface area contributed by atoms with Crippen molar-refractivity contribution in [1.29, 1.82) is 0 Å². The third kappa shape index (κ3) is 25.8. The van der Waals surface area contributed by atoms with Crippen LogP contribution in [0.15, 0.2) is 380 Å². The molecule has 0 spiro atoms. The van der Waals surface area contributed by atoms with Gasteiger partial charge in [-0.1, -0.05) is 273 Å². The minimum Gasteiger partial charge on any atom is -0.502 e. The van der Waals surface area contributed by atoms with Gasteiger partial charge >= 0.3 is 11.9 Å². The Balaban J connectivity index is 0.000000160. The maximum atomic E-state index is 13.3. The third-order valence-electron chi connectivity index (χ3n) is 20.7. The molecular formula is C103H95ClN12O21. The number of H-pyrrole nitrogens is 2. The summed E-state index contributed by atoms with van der Waals surface area (Å²) in [5.74, 6) is 0.168. The molecular weight excluding hydrogens is 1780 g/mol. The molecule has 6 aromatic heterocycles. The summed E-state index contributed by atoms with van der Waals surface area (Å²) < 4.78 is 36.6. The minimum atomic E-state index is -1.34. The summed E-state index contributed by atoms with van der Waals surface area (Å²) in [7, 11) is 6.35. The first-order valence-electron chi connectivity index (χ1n) is 42.2. The van der Waals surface area contributed by atoms with Crippen molar-refractivity contribution < 1.29 is 72.2 Å². The number of nitrogen functional groups attached to an aromatic ring is 1. The average molecular weight is 1870 g/mol. The molecule has 8 heterocycles. The van der Waals surface area contributed by atoms with E-state index in [2.05, 4.69) is 49.9 Å². The number of nitrogens with two attached hydrogens (primary N) is 1. The molecule has 0 saturated heterocycles. The van der Waals surface area contributed by atoms with E-state index in [4.69, 9.17) is 44.2 Å². The molecule has 0 aliphatic carbocycles.